The second-order valence-corrected chi connectivity index (χ2v) is 7.16. The Balaban J connectivity index is 1.65. The Kier molecular flexibility index (Phi) is 4.83. The number of hydrogen-bond donors (Lipinski definition) is 2. The molecule has 0 fully saturated rings. The van der Waals surface area contributed by atoms with Gasteiger partial charge in [0.15, 0.2) is 11.4 Å². The third-order valence-electron chi connectivity index (χ3n) is 4.84. The van der Waals surface area contributed by atoms with E-state index in [0.717, 1.165) is 35.2 Å². The highest BCUT2D eigenvalue weighted by molar-refractivity contribution is 6.07. The number of fused-ring (bicyclic) bond motifs is 2. The molecule has 7 heteroatoms. The van der Waals surface area contributed by atoms with E-state index in [9.17, 15) is 9.59 Å². The van der Waals surface area contributed by atoms with E-state index in [1.54, 1.807) is 12.4 Å². The summed E-state index contributed by atoms with van der Waals surface area (Å²) >= 11 is 0. The number of likely N-dealkylation sites (N-methyl/N-ethyl adjacent to an activating group) is 1. The Hall–Kier alpha value is -3.19. The number of nitrogens with one attached hydrogen (secondary N) is 2. The van der Waals surface area contributed by atoms with Crippen molar-refractivity contribution in [2.45, 2.75) is 12.8 Å². The van der Waals surface area contributed by atoms with Gasteiger partial charge >= 0.3 is 0 Å². The summed E-state index contributed by atoms with van der Waals surface area (Å²) in [6, 6.07) is 7.48. The summed E-state index contributed by atoms with van der Waals surface area (Å²) in [4.78, 5) is 30.6. The fraction of sp³-hybridized carbons (Fsp3) is 0.286. The molecule has 0 saturated carbocycles. The molecule has 2 heterocycles. The standard InChI is InChI=1S/C21H22N4O3/c1-25(2)10-9-23-21(27)20-19(16-7-8-22-12-18(16)28-20)24-14-4-5-15-13(11-14)3-6-17(15)26/h4-5,7-8,11-12,24H,3,6,9-10H2,1-2H3,(H,23,27). The number of carbonyl (C=O) groups is 2. The van der Waals surface area contributed by atoms with Crippen LogP contribution in [0.5, 0.6) is 0 Å². The molecule has 0 radical (unpaired) electrons. The average molecular weight is 378 g/mol. The Labute approximate surface area is 162 Å². The number of Topliss-reactive ketones (excluding diaryl/α,β-unsaturated/α-hetero) is 1. The smallest absolute Gasteiger partial charge is 0.289 e. The van der Waals surface area contributed by atoms with Crippen LogP contribution < -0.4 is 10.6 Å². The number of pyridine rings is 1. The molecule has 0 aliphatic heterocycles. The lowest BCUT2D eigenvalue weighted by atomic mass is 10.1. The first-order valence-electron chi connectivity index (χ1n) is 9.25. The fourth-order valence-corrected chi connectivity index (χ4v) is 3.39. The topological polar surface area (TPSA) is 87.5 Å². The van der Waals surface area contributed by atoms with Crippen molar-refractivity contribution in [1.29, 1.82) is 0 Å². The minimum atomic E-state index is -0.281. The molecule has 2 N–H and O–H groups in total. The van der Waals surface area contributed by atoms with E-state index in [4.69, 9.17) is 4.42 Å². The van der Waals surface area contributed by atoms with Gasteiger partial charge in [0.25, 0.3) is 5.91 Å². The molecular weight excluding hydrogens is 356 g/mol. The highest BCUT2D eigenvalue weighted by Gasteiger charge is 2.23. The fourth-order valence-electron chi connectivity index (χ4n) is 3.39. The number of rotatable bonds is 6. The van der Waals surface area contributed by atoms with Gasteiger partial charge in [-0.1, -0.05) is 0 Å². The van der Waals surface area contributed by atoms with Crippen molar-refractivity contribution in [1.82, 2.24) is 15.2 Å². The highest BCUT2D eigenvalue weighted by atomic mass is 16.3. The van der Waals surface area contributed by atoms with E-state index < -0.39 is 0 Å². The first kappa shape index (κ1) is 18.2. The molecule has 7 nitrogen and oxygen atoms in total. The van der Waals surface area contributed by atoms with Crippen molar-refractivity contribution in [3.8, 4) is 0 Å². The number of furan rings is 1. The van der Waals surface area contributed by atoms with E-state index in [1.807, 2.05) is 43.3 Å². The maximum atomic E-state index is 12.7. The van der Waals surface area contributed by atoms with Gasteiger partial charge in [-0.2, -0.15) is 0 Å². The van der Waals surface area contributed by atoms with Crippen LogP contribution in [0.25, 0.3) is 11.0 Å². The number of hydrogen-bond acceptors (Lipinski definition) is 6. The van der Waals surface area contributed by atoms with E-state index >= 15 is 0 Å². The summed E-state index contributed by atoms with van der Waals surface area (Å²) in [5, 5.41) is 6.98. The molecule has 0 unspecified atom stereocenters. The van der Waals surface area contributed by atoms with Crippen LogP contribution in [-0.4, -0.2) is 48.8 Å². The lowest BCUT2D eigenvalue weighted by Gasteiger charge is -2.11. The number of carbonyl (C=O) groups excluding carboxylic acids is 2. The molecule has 1 aliphatic carbocycles. The quantitative estimate of drug-likeness (QED) is 0.686. The second kappa shape index (κ2) is 7.44. The van der Waals surface area contributed by atoms with Crippen molar-refractivity contribution in [2.24, 2.45) is 0 Å². The number of anilines is 2. The second-order valence-electron chi connectivity index (χ2n) is 7.16. The number of aromatic nitrogens is 1. The van der Waals surface area contributed by atoms with E-state index in [2.05, 4.69) is 15.6 Å². The maximum Gasteiger partial charge on any atom is 0.289 e. The zero-order valence-corrected chi connectivity index (χ0v) is 15.9. The lowest BCUT2D eigenvalue weighted by Crippen LogP contribution is -2.31. The molecule has 28 heavy (non-hydrogen) atoms. The van der Waals surface area contributed by atoms with Gasteiger partial charge in [0, 0.05) is 42.3 Å². The van der Waals surface area contributed by atoms with Crippen molar-refractivity contribution in [3.05, 3.63) is 53.5 Å². The largest absolute Gasteiger partial charge is 0.447 e. The van der Waals surface area contributed by atoms with Crippen molar-refractivity contribution in [2.75, 3.05) is 32.5 Å². The minimum Gasteiger partial charge on any atom is -0.447 e. The molecule has 0 spiro atoms. The number of ketones is 1. The van der Waals surface area contributed by atoms with Gasteiger partial charge in [0.1, 0.15) is 0 Å². The van der Waals surface area contributed by atoms with Crippen LogP contribution in [0.1, 0.15) is 32.9 Å². The van der Waals surface area contributed by atoms with E-state index in [-0.39, 0.29) is 17.5 Å². The van der Waals surface area contributed by atoms with E-state index in [1.165, 1.54) is 0 Å². The summed E-state index contributed by atoms with van der Waals surface area (Å²) in [7, 11) is 3.90. The molecular formula is C21H22N4O3. The zero-order valence-electron chi connectivity index (χ0n) is 15.9. The summed E-state index contributed by atoms with van der Waals surface area (Å²) in [6.45, 7) is 1.25. The van der Waals surface area contributed by atoms with Crippen molar-refractivity contribution >= 4 is 34.0 Å². The third-order valence-corrected chi connectivity index (χ3v) is 4.84. The molecule has 144 valence electrons. The van der Waals surface area contributed by atoms with Crippen molar-refractivity contribution < 1.29 is 14.0 Å². The zero-order chi connectivity index (χ0) is 19.7. The molecule has 3 aromatic rings. The number of benzene rings is 1. The monoisotopic (exact) mass is 378 g/mol. The summed E-state index contributed by atoms with van der Waals surface area (Å²) in [5.41, 5.74) is 3.77. The summed E-state index contributed by atoms with van der Waals surface area (Å²) in [6.07, 6.45) is 4.56. The normalized spacial score (nSPS) is 13.2. The van der Waals surface area contributed by atoms with Gasteiger partial charge in [-0.25, -0.2) is 0 Å². The van der Waals surface area contributed by atoms with Crippen LogP contribution >= 0.6 is 0 Å². The molecule has 0 bridgehead atoms. The van der Waals surface area contributed by atoms with Crippen LogP contribution in [0.3, 0.4) is 0 Å². The van der Waals surface area contributed by atoms with Gasteiger partial charge in [0.05, 0.1) is 11.9 Å². The molecule has 1 aromatic carbocycles. The molecule has 0 atom stereocenters. The lowest BCUT2D eigenvalue weighted by molar-refractivity contribution is 0.0926. The minimum absolute atomic E-state index is 0.183. The van der Waals surface area contributed by atoms with Gasteiger partial charge in [-0.05, 0) is 50.3 Å². The third kappa shape index (κ3) is 3.48. The number of amides is 1. The van der Waals surface area contributed by atoms with Crippen LogP contribution in [0.2, 0.25) is 0 Å². The Bertz CT molecular complexity index is 1050. The molecule has 4 rings (SSSR count). The van der Waals surface area contributed by atoms with Gasteiger partial charge < -0.3 is 20.0 Å². The van der Waals surface area contributed by atoms with E-state index in [0.29, 0.717) is 24.2 Å². The van der Waals surface area contributed by atoms with Gasteiger partial charge in [-0.3, -0.25) is 14.6 Å². The molecule has 0 saturated heterocycles. The molecule has 1 aliphatic rings. The predicted octanol–water partition coefficient (Wildman–Crippen LogP) is 2.99. The first-order valence-corrected chi connectivity index (χ1v) is 9.25. The van der Waals surface area contributed by atoms with Crippen LogP contribution in [0.4, 0.5) is 11.4 Å². The molecule has 1 amide bonds. The van der Waals surface area contributed by atoms with Crippen LogP contribution in [0, 0.1) is 0 Å². The van der Waals surface area contributed by atoms with Crippen molar-refractivity contribution in [3.63, 3.8) is 0 Å². The van der Waals surface area contributed by atoms with Crippen LogP contribution in [-0.2, 0) is 6.42 Å². The summed E-state index contributed by atoms with van der Waals surface area (Å²) in [5.74, 6) is 0.123. The van der Waals surface area contributed by atoms with Gasteiger partial charge in [-0.15, -0.1) is 0 Å². The Morgan fingerprint density at radius 1 is 1.25 bits per heavy atom. The number of aryl methyl sites for hydroxylation is 1. The highest BCUT2D eigenvalue weighted by Crippen LogP contribution is 2.34. The summed E-state index contributed by atoms with van der Waals surface area (Å²) < 4.78 is 5.80. The van der Waals surface area contributed by atoms with Gasteiger partial charge in [0.2, 0.25) is 5.76 Å². The number of nitrogens with zero attached hydrogens (tertiary/aromatic N) is 2. The SMILES string of the molecule is CN(C)CCNC(=O)c1oc2cnccc2c1Nc1ccc2c(c1)CCC2=O. The Morgan fingerprint density at radius 3 is 2.93 bits per heavy atom. The molecule has 2 aromatic heterocycles. The Morgan fingerprint density at radius 2 is 2.11 bits per heavy atom. The van der Waals surface area contributed by atoms with Crippen LogP contribution in [0.15, 0.2) is 41.1 Å². The predicted molar refractivity (Wildman–Crippen MR) is 107 cm³/mol. The average Bonchev–Trinajstić information content (AvgIpc) is 3.22. The first-order chi connectivity index (χ1) is 13.5. The maximum absolute atomic E-state index is 12.7.